The van der Waals surface area contributed by atoms with E-state index in [-0.39, 0.29) is 0 Å². The minimum atomic E-state index is 0.366. The maximum atomic E-state index is 5.47. The van der Waals surface area contributed by atoms with Crippen molar-refractivity contribution in [2.24, 2.45) is 0 Å². The van der Waals surface area contributed by atoms with Crippen LogP contribution >= 0.6 is 0 Å². The summed E-state index contributed by atoms with van der Waals surface area (Å²) in [4.78, 5) is 8.29. The first kappa shape index (κ1) is 7.49. The molecular weight excluding hydrogens is 154 g/mol. The molecule has 0 spiro atoms. The molecule has 1 aromatic heterocycles. The van der Waals surface area contributed by atoms with Crippen molar-refractivity contribution in [3.8, 4) is 0 Å². The van der Waals surface area contributed by atoms with Gasteiger partial charge in [0.2, 0.25) is 0 Å². The predicted octanol–water partition coefficient (Wildman–Crippen LogP) is 0.563. The highest BCUT2D eigenvalue weighted by Gasteiger charge is 2.19. The van der Waals surface area contributed by atoms with Crippen molar-refractivity contribution in [3.63, 3.8) is 0 Å². The first-order valence-corrected chi connectivity index (χ1v) is 4.01. The first-order valence-electron chi connectivity index (χ1n) is 4.01. The predicted molar refractivity (Wildman–Crippen MR) is 44.6 cm³/mol. The lowest BCUT2D eigenvalue weighted by Gasteiger charge is -2.04. The van der Waals surface area contributed by atoms with E-state index in [2.05, 4.69) is 9.97 Å². The molecule has 1 fully saturated rings. The molecule has 0 bridgehead atoms. The van der Waals surface area contributed by atoms with Crippen molar-refractivity contribution < 1.29 is 4.74 Å². The van der Waals surface area contributed by atoms with E-state index >= 15 is 0 Å². The molecule has 0 amide bonds. The van der Waals surface area contributed by atoms with Crippen molar-refractivity contribution in [2.45, 2.75) is 12.3 Å². The third-order valence-corrected chi connectivity index (χ3v) is 1.99. The van der Waals surface area contributed by atoms with Crippen LogP contribution < -0.4 is 5.73 Å². The van der Waals surface area contributed by atoms with Crippen molar-refractivity contribution in [2.75, 3.05) is 18.9 Å². The molecular formula is C8H11N3O. The average Bonchev–Trinajstić information content (AvgIpc) is 2.58. The van der Waals surface area contributed by atoms with Crippen molar-refractivity contribution >= 4 is 5.69 Å². The summed E-state index contributed by atoms with van der Waals surface area (Å²) in [5, 5.41) is 0. The molecule has 2 rings (SSSR count). The summed E-state index contributed by atoms with van der Waals surface area (Å²) < 4.78 is 5.23. The fourth-order valence-corrected chi connectivity index (χ4v) is 1.30. The Morgan fingerprint density at radius 1 is 1.42 bits per heavy atom. The third-order valence-electron chi connectivity index (χ3n) is 1.99. The van der Waals surface area contributed by atoms with Gasteiger partial charge in [-0.3, -0.25) is 0 Å². The zero-order valence-electron chi connectivity index (χ0n) is 6.73. The normalized spacial score (nSPS) is 22.8. The molecule has 4 heteroatoms. The second-order valence-corrected chi connectivity index (χ2v) is 2.94. The molecule has 0 saturated carbocycles. The number of aromatic nitrogens is 2. The van der Waals surface area contributed by atoms with Gasteiger partial charge in [-0.05, 0) is 6.42 Å². The molecule has 1 saturated heterocycles. The fourth-order valence-electron chi connectivity index (χ4n) is 1.30. The Hall–Kier alpha value is -1.16. The minimum Gasteiger partial charge on any atom is -0.396 e. The molecule has 12 heavy (non-hydrogen) atoms. The van der Waals surface area contributed by atoms with E-state index in [4.69, 9.17) is 10.5 Å². The number of rotatable bonds is 1. The SMILES string of the molecule is Nc1cnc(C2CCOC2)nc1. The largest absolute Gasteiger partial charge is 0.396 e. The van der Waals surface area contributed by atoms with Crippen LogP contribution in [0.15, 0.2) is 12.4 Å². The van der Waals surface area contributed by atoms with E-state index in [1.165, 1.54) is 0 Å². The lowest BCUT2D eigenvalue weighted by Crippen LogP contribution is -2.04. The van der Waals surface area contributed by atoms with Crippen LogP contribution in [-0.4, -0.2) is 23.2 Å². The molecule has 2 heterocycles. The van der Waals surface area contributed by atoms with Gasteiger partial charge in [0.15, 0.2) is 0 Å². The molecule has 1 aliphatic rings. The van der Waals surface area contributed by atoms with Crippen LogP contribution in [0, 0.1) is 0 Å². The topological polar surface area (TPSA) is 61.0 Å². The molecule has 0 radical (unpaired) electrons. The Balaban J connectivity index is 2.17. The quantitative estimate of drug-likeness (QED) is 0.660. The fraction of sp³-hybridized carbons (Fsp3) is 0.500. The Labute approximate surface area is 70.8 Å². The lowest BCUT2D eigenvalue weighted by molar-refractivity contribution is 0.193. The summed E-state index contributed by atoms with van der Waals surface area (Å²) in [7, 11) is 0. The molecule has 0 aromatic carbocycles. The van der Waals surface area contributed by atoms with Crippen LogP contribution in [0.25, 0.3) is 0 Å². The van der Waals surface area contributed by atoms with Gasteiger partial charge in [-0.25, -0.2) is 9.97 Å². The van der Waals surface area contributed by atoms with Crippen LogP contribution in [0.5, 0.6) is 0 Å². The summed E-state index contributed by atoms with van der Waals surface area (Å²) >= 11 is 0. The van der Waals surface area contributed by atoms with E-state index < -0.39 is 0 Å². The monoisotopic (exact) mass is 165 g/mol. The number of hydrogen-bond acceptors (Lipinski definition) is 4. The van der Waals surface area contributed by atoms with Crippen molar-refractivity contribution in [3.05, 3.63) is 18.2 Å². The number of hydrogen-bond donors (Lipinski definition) is 1. The van der Waals surface area contributed by atoms with E-state index in [9.17, 15) is 0 Å². The van der Waals surface area contributed by atoms with Gasteiger partial charge >= 0.3 is 0 Å². The second-order valence-electron chi connectivity index (χ2n) is 2.94. The average molecular weight is 165 g/mol. The number of nitrogens with zero attached hydrogens (tertiary/aromatic N) is 2. The summed E-state index contributed by atoms with van der Waals surface area (Å²) in [6, 6.07) is 0. The Morgan fingerprint density at radius 3 is 2.75 bits per heavy atom. The standard InChI is InChI=1S/C8H11N3O/c9-7-3-10-8(11-4-7)6-1-2-12-5-6/h3-4,6H,1-2,5,9H2. The smallest absolute Gasteiger partial charge is 0.133 e. The van der Waals surface area contributed by atoms with Gasteiger partial charge in [0, 0.05) is 12.5 Å². The Kier molecular flexibility index (Phi) is 1.91. The van der Waals surface area contributed by atoms with Gasteiger partial charge in [-0.2, -0.15) is 0 Å². The second kappa shape index (κ2) is 3.06. The highest BCUT2D eigenvalue weighted by Crippen LogP contribution is 2.21. The highest BCUT2D eigenvalue weighted by molar-refractivity contribution is 5.30. The maximum absolute atomic E-state index is 5.47. The maximum Gasteiger partial charge on any atom is 0.133 e. The molecule has 1 aromatic rings. The molecule has 2 N–H and O–H groups in total. The summed E-state index contributed by atoms with van der Waals surface area (Å²) in [5.41, 5.74) is 6.08. The van der Waals surface area contributed by atoms with Gasteiger partial charge in [0.1, 0.15) is 5.82 Å². The number of nitrogens with two attached hydrogens (primary N) is 1. The van der Waals surface area contributed by atoms with Gasteiger partial charge in [0.25, 0.3) is 0 Å². The molecule has 64 valence electrons. The molecule has 0 aliphatic carbocycles. The number of ether oxygens (including phenoxy) is 1. The van der Waals surface area contributed by atoms with Crippen molar-refractivity contribution in [1.82, 2.24) is 9.97 Å². The van der Waals surface area contributed by atoms with E-state index in [1.807, 2.05) is 0 Å². The van der Waals surface area contributed by atoms with Gasteiger partial charge < -0.3 is 10.5 Å². The minimum absolute atomic E-state index is 0.366. The van der Waals surface area contributed by atoms with Gasteiger partial charge in [-0.15, -0.1) is 0 Å². The summed E-state index contributed by atoms with van der Waals surface area (Å²) in [5.74, 6) is 1.22. The Morgan fingerprint density at radius 2 is 2.17 bits per heavy atom. The van der Waals surface area contributed by atoms with E-state index in [1.54, 1.807) is 12.4 Å². The summed E-state index contributed by atoms with van der Waals surface area (Å²) in [6.45, 7) is 1.56. The Bertz CT molecular complexity index is 254. The third kappa shape index (κ3) is 1.38. The van der Waals surface area contributed by atoms with Crippen LogP contribution in [0.4, 0.5) is 5.69 Å². The highest BCUT2D eigenvalue weighted by atomic mass is 16.5. The number of anilines is 1. The van der Waals surface area contributed by atoms with Crippen LogP contribution in [0.3, 0.4) is 0 Å². The zero-order chi connectivity index (χ0) is 8.39. The van der Waals surface area contributed by atoms with Gasteiger partial charge in [0.05, 0.1) is 24.7 Å². The zero-order valence-corrected chi connectivity index (χ0v) is 6.73. The van der Waals surface area contributed by atoms with Crippen LogP contribution in [-0.2, 0) is 4.74 Å². The lowest BCUT2D eigenvalue weighted by atomic mass is 10.1. The van der Waals surface area contributed by atoms with Gasteiger partial charge in [-0.1, -0.05) is 0 Å². The molecule has 1 atom stereocenters. The van der Waals surface area contributed by atoms with Crippen LogP contribution in [0.2, 0.25) is 0 Å². The first-order chi connectivity index (χ1) is 5.86. The number of nitrogen functional groups attached to an aromatic ring is 1. The van der Waals surface area contributed by atoms with Crippen molar-refractivity contribution in [1.29, 1.82) is 0 Å². The molecule has 1 aliphatic heterocycles. The van der Waals surface area contributed by atoms with E-state index in [0.29, 0.717) is 11.6 Å². The summed E-state index contributed by atoms with van der Waals surface area (Å²) in [6.07, 6.45) is 4.30. The van der Waals surface area contributed by atoms with Crippen LogP contribution in [0.1, 0.15) is 18.2 Å². The van der Waals surface area contributed by atoms with E-state index in [0.717, 1.165) is 25.5 Å². The molecule has 1 unspecified atom stereocenters. The molecule has 4 nitrogen and oxygen atoms in total.